The van der Waals surface area contributed by atoms with Gasteiger partial charge >= 0.3 is 0 Å². The van der Waals surface area contributed by atoms with Crippen LogP contribution in [0.15, 0.2) is 12.1 Å². The van der Waals surface area contributed by atoms with E-state index in [-0.39, 0.29) is 0 Å². The van der Waals surface area contributed by atoms with Crippen LogP contribution >= 0.6 is 0 Å². The summed E-state index contributed by atoms with van der Waals surface area (Å²) >= 11 is 0. The molecule has 0 bridgehead atoms. The minimum Gasteiger partial charge on any atom is -0.311 e. The normalized spacial score (nSPS) is 18.2. The van der Waals surface area contributed by atoms with Crippen molar-refractivity contribution in [3.63, 3.8) is 0 Å². The van der Waals surface area contributed by atoms with Crippen molar-refractivity contribution in [2.75, 3.05) is 19.6 Å². The van der Waals surface area contributed by atoms with Crippen LogP contribution in [0, 0.1) is 20.8 Å². The number of hydrogen-bond donors (Lipinski definition) is 1. The first-order chi connectivity index (χ1) is 9.58. The SMILES string of the molecule is Cc1cc(C)c(CNCC(C)N2CCCCC2)c(C)c1. The number of aryl methyl sites for hydroxylation is 3. The lowest BCUT2D eigenvalue weighted by atomic mass is 10.00. The van der Waals surface area contributed by atoms with Gasteiger partial charge in [-0.2, -0.15) is 0 Å². The van der Waals surface area contributed by atoms with Gasteiger partial charge in [-0.25, -0.2) is 0 Å². The molecular weight excluding hydrogens is 244 g/mol. The maximum Gasteiger partial charge on any atom is 0.0211 e. The van der Waals surface area contributed by atoms with Crippen molar-refractivity contribution in [2.24, 2.45) is 0 Å². The molecular formula is C18H30N2. The maximum atomic E-state index is 3.66. The summed E-state index contributed by atoms with van der Waals surface area (Å²) in [5.41, 5.74) is 5.67. The van der Waals surface area contributed by atoms with Gasteiger partial charge in [-0.15, -0.1) is 0 Å². The summed E-state index contributed by atoms with van der Waals surface area (Å²) in [5.74, 6) is 0. The highest BCUT2D eigenvalue weighted by atomic mass is 15.2. The molecule has 1 aromatic carbocycles. The van der Waals surface area contributed by atoms with E-state index in [2.05, 4.69) is 50.0 Å². The highest BCUT2D eigenvalue weighted by molar-refractivity contribution is 5.37. The molecule has 1 aliphatic heterocycles. The van der Waals surface area contributed by atoms with E-state index in [4.69, 9.17) is 0 Å². The van der Waals surface area contributed by atoms with Gasteiger partial charge in [0.25, 0.3) is 0 Å². The van der Waals surface area contributed by atoms with Crippen LogP contribution in [0.4, 0.5) is 0 Å². The monoisotopic (exact) mass is 274 g/mol. The second-order valence-electron chi connectivity index (χ2n) is 6.45. The van der Waals surface area contributed by atoms with Crippen LogP contribution in [0.3, 0.4) is 0 Å². The smallest absolute Gasteiger partial charge is 0.0211 e. The van der Waals surface area contributed by atoms with Crippen LogP contribution in [-0.4, -0.2) is 30.6 Å². The molecule has 1 heterocycles. The van der Waals surface area contributed by atoms with Crippen molar-refractivity contribution >= 4 is 0 Å². The van der Waals surface area contributed by atoms with E-state index in [1.54, 1.807) is 0 Å². The third kappa shape index (κ3) is 4.07. The second kappa shape index (κ2) is 7.24. The minimum absolute atomic E-state index is 0.654. The zero-order chi connectivity index (χ0) is 14.5. The molecule has 0 radical (unpaired) electrons. The molecule has 0 spiro atoms. The Kier molecular flexibility index (Phi) is 5.62. The third-order valence-electron chi connectivity index (χ3n) is 4.60. The molecule has 1 atom stereocenters. The molecule has 20 heavy (non-hydrogen) atoms. The summed E-state index contributed by atoms with van der Waals surface area (Å²) in [6.45, 7) is 13.6. The van der Waals surface area contributed by atoms with Crippen LogP contribution in [0.1, 0.15) is 48.4 Å². The summed E-state index contributed by atoms with van der Waals surface area (Å²) in [6, 6.07) is 5.23. The van der Waals surface area contributed by atoms with Crippen LogP contribution in [0.25, 0.3) is 0 Å². The zero-order valence-corrected chi connectivity index (χ0v) is 13.6. The van der Waals surface area contributed by atoms with Crippen LogP contribution in [0.2, 0.25) is 0 Å². The van der Waals surface area contributed by atoms with Crippen molar-refractivity contribution in [3.05, 3.63) is 34.4 Å². The van der Waals surface area contributed by atoms with E-state index < -0.39 is 0 Å². The molecule has 112 valence electrons. The summed E-state index contributed by atoms with van der Waals surface area (Å²) in [6.07, 6.45) is 4.17. The molecule has 1 unspecified atom stereocenters. The summed E-state index contributed by atoms with van der Waals surface area (Å²) in [5, 5.41) is 3.66. The number of hydrogen-bond acceptors (Lipinski definition) is 2. The number of nitrogens with one attached hydrogen (secondary N) is 1. The van der Waals surface area contributed by atoms with E-state index in [0.717, 1.165) is 13.1 Å². The molecule has 1 aromatic rings. The van der Waals surface area contributed by atoms with Gasteiger partial charge < -0.3 is 5.32 Å². The first-order valence-corrected chi connectivity index (χ1v) is 8.09. The summed E-state index contributed by atoms with van der Waals surface area (Å²) in [7, 11) is 0. The van der Waals surface area contributed by atoms with E-state index >= 15 is 0 Å². The fourth-order valence-electron chi connectivity index (χ4n) is 3.38. The zero-order valence-electron chi connectivity index (χ0n) is 13.6. The third-order valence-corrected chi connectivity index (χ3v) is 4.60. The lowest BCUT2D eigenvalue weighted by Crippen LogP contribution is -2.43. The molecule has 2 nitrogen and oxygen atoms in total. The summed E-state index contributed by atoms with van der Waals surface area (Å²) < 4.78 is 0. The lowest BCUT2D eigenvalue weighted by Gasteiger charge is -2.32. The van der Waals surface area contributed by atoms with Gasteiger partial charge in [0.05, 0.1) is 0 Å². The van der Waals surface area contributed by atoms with Crippen LogP contribution in [-0.2, 0) is 6.54 Å². The van der Waals surface area contributed by atoms with Gasteiger partial charge in [-0.1, -0.05) is 24.1 Å². The summed E-state index contributed by atoms with van der Waals surface area (Å²) in [4.78, 5) is 2.63. The average Bonchev–Trinajstić information content (AvgIpc) is 2.42. The van der Waals surface area contributed by atoms with Crippen molar-refractivity contribution in [3.8, 4) is 0 Å². The molecule has 0 amide bonds. The van der Waals surface area contributed by atoms with Crippen LogP contribution in [0.5, 0.6) is 0 Å². The molecule has 0 aromatic heterocycles. The fraction of sp³-hybridized carbons (Fsp3) is 0.667. The Hall–Kier alpha value is -0.860. The first kappa shape index (κ1) is 15.5. The predicted molar refractivity (Wildman–Crippen MR) is 87.2 cm³/mol. The number of piperidine rings is 1. The fourth-order valence-corrected chi connectivity index (χ4v) is 3.38. The van der Waals surface area contributed by atoms with Crippen molar-refractivity contribution in [1.82, 2.24) is 10.2 Å². The lowest BCUT2D eigenvalue weighted by molar-refractivity contribution is 0.170. The number of rotatable bonds is 5. The van der Waals surface area contributed by atoms with Crippen LogP contribution < -0.4 is 5.32 Å². The Bertz CT molecular complexity index is 410. The van der Waals surface area contributed by atoms with Gasteiger partial charge in [-0.3, -0.25) is 4.90 Å². The van der Waals surface area contributed by atoms with Crippen molar-refractivity contribution in [1.29, 1.82) is 0 Å². The average molecular weight is 274 g/mol. The Morgan fingerprint density at radius 3 is 2.25 bits per heavy atom. The molecule has 0 aliphatic carbocycles. The molecule has 2 rings (SSSR count). The highest BCUT2D eigenvalue weighted by Crippen LogP contribution is 2.16. The Labute approximate surface area is 124 Å². The second-order valence-corrected chi connectivity index (χ2v) is 6.45. The number of benzene rings is 1. The number of likely N-dealkylation sites (tertiary alicyclic amines) is 1. The van der Waals surface area contributed by atoms with Crippen molar-refractivity contribution in [2.45, 2.75) is 59.5 Å². The Balaban J connectivity index is 1.83. The molecule has 1 fully saturated rings. The minimum atomic E-state index is 0.654. The predicted octanol–water partition coefficient (Wildman–Crippen LogP) is 3.58. The quantitative estimate of drug-likeness (QED) is 0.883. The van der Waals surface area contributed by atoms with Gasteiger partial charge in [0.15, 0.2) is 0 Å². The van der Waals surface area contributed by atoms with Gasteiger partial charge in [0.1, 0.15) is 0 Å². The van der Waals surface area contributed by atoms with E-state index in [1.165, 1.54) is 54.6 Å². The standard InChI is InChI=1S/C18H30N2/c1-14-10-15(2)18(16(3)11-14)13-19-12-17(4)20-8-6-5-7-9-20/h10-11,17,19H,5-9,12-13H2,1-4H3. The van der Waals surface area contributed by atoms with Gasteiger partial charge in [0, 0.05) is 19.1 Å². The topological polar surface area (TPSA) is 15.3 Å². The van der Waals surface area contributed by atoms with Crippen molar-refractivity contribution < 1.29 is 0 Å². The number of nitrogens with zero attached hydrogens (tertiary/aromatic N) is 1. The first-order valence-electron chi connectivity index (χ1n) is 8.09. The van der Waals surface area contributed by atoms with Gasteiger partial charge in [0.2, 0.25) is 0 Å². The van der Waals surface area contributed by atoms with E-state index in [1.807, 2.05) is 0 Å². The molecule has 2 heteroatoms. The largest absolute Gasteiger partial charge is 0.311 e. The molecule has 0 saturated carbocycles. The Morgan fingerprint density at radius 1 is 1.05 bits per heavy atom. The molecule has 1 N–H and O–H groups in total. The van der Waals surface area contributed by atoms with E-state index in [0.29, 0.717) is 6.04 Å². The molecule has 1 aliphatic rings. The van der Waals surface area contributed by atoms with E-state index in [9.17, 15) is 0 Å². The maximum absolute atomic E-state index is 3.66. The molecule has 1 saturated heterocycles. The van der Waals surface area contributed by atoms with Gasteiger partial charge in [-0.05, 0) is 70.3 Å². The highest BCUT2D eigenvalue weighted by Gasteiger charge is 2.16. The Morgan fingerprint density at radius 2 is 1.65 bits per heavy atom.